The minimum Gasteiger partial charge on any atom is -0.353 e. The van der Waals surface area contributed by atoms with E-state index in [1.54, 1.807) is 0 Å². The van der Waals surface area contributed by atoms with Crippen molar-refractivity contribution in [2.45, 2.75) is 38.3 Å². The van der Waals surface area contributed by atoms with Crippen LogP contribution in [0.4, 0.5) is 19.6 Å². The van der Waals surface area contributed by atoms with Gasteiger partial charge < -0.3 is 15.5 Å². The van der Waals surface area contributed by atoms with Gasteiger partial charge in [-0.05, 0) is 37.8 Å². The fourth-order valence-electron chi connectivity index (χ4n) is 3.93. The Hall–Kier alpha value is -3.41. The molecular weight excluding hydrogens is 466 g/mol. The average Bonchev–Trinajstić information content (AvgIpc) is 3.52. The van der Waals surface area contributed by atoms with Crippen molar-refractivity contribution in [1.82, 2.24) is 19.9 Å². The summed E-state index contributed by atoms with van der Waals surface area (Å²) in [6.07, 6.45) is 4.93. The molecule has 3 aromatic rings. The van der Waals surface area contributed by atoms with Gasteiger partial charge in [0.2, 0.25) is 11.8 Å². The molecular formula is C22H22F2N6O3S. The van der Waals surface area contributed by atoms with Gasteiger partial charge in [-0.3, -0.25) is 19.0 Å². The summed E-state index contributed by atoms with van der Waals surface area (Å²) in [6, 6.07) is 3.02. The molecule has 1 aliphatic heterocycles. The average molecular weight is 489 g/mol. The van der Waals surface area contributed by atoms with Gasteiger partial charge >= 0.3 is 0 Å². The predicted octanol–water partition coefficient (Wildman–Crippen LogP) is 2.26. The van der Waals surface area contributed by atoms with Crippen LogP contribution in [0.5, 0.6) is 0 Å². The highest BCUT2D eigenvalue weighted by molar-refractivity contribution is 7.22. The summed E-state index contributed by atoms with van der Waals surface area (Å²) in [5.41, 5.74) is -0.497. The molecule has 3 heterocycles. The van der Waals surface area contributed by atoms with Crippen LogP contribution in [0.1, 0.15) is 25.7 Å². The number of hydrogen-bond donors (Lipinski definition) is 2. The maximum Gasteiger partial charge on any atom is 0.273 e. The largest absolute Gasteiger partial charge is 0.353 e. The van der Waals surface area contributed by atoms with Gasteiger partial charge in [0.15, 0.2) is 10.8 Å². The zero-order chi connectivity index (χ0) is 23.8. The lowest BCUT2D eigenvalue weighted by atomic mass is 9.97. The normalized spacial score (nSPS) is 18.2. The highest BCUT2D eigenvalue weighted by atomic mass is 32.1. The monoisotopic (exact) mass is 488 g/mol. The van der Waals surface area contributed by atoms with Gasteiger partial charge in [0.25, 0.3) is 5.56 Å². The van der Waals surface area contributed by atoms with Crippen molar-refractivity contribution in [2.75, 3.05) is 23.3 Å². The third-order valence-corrected chi connectivity index (χ3v) is 6.97. The van der Waals surface area contributed by atoms with Crippen molar-refractivity contribution >= 4 is 44.3 Å². The lowest BCUT2D eigenvalue weighted by Crippen LogP contribution is -2.43. The number of piperidine rings is 1. The number of thiazole rings is 1. The van der Waals surface area contributed by atoms with Gasteiger partial charge in [-0.2, -0.15) is 4.98 Å². The van der Waals surface area contributed by atoms with Gasteiger partial charge in [-0.15, -0.1) is 0 Å². The van der Waals surface area contributed by atoms with Crippen molar-refractivity contribution in [1.29, 1.82) is 0 Å². The second-order valence-corrected chi connectivity index (χ2v) is 9.54. The Bertz CT molecular complexity index is 1320. The van der Waals surface area contributed by atoms with E-state index < -0.39 is 29.6 Å². The molecule has 34 heavy (non-hydrogen) atoms. The first kappa shape index (κ1) is 22.4. The summed E-state index contributed by atoms with van der Waals surface area (Å²) < 4.78 is 28.5. The Morgan fingerprint density at radius 3 is 2.82 bits per heavy atom. The van der Waals surface area contributed by atoms with Gasteiger partial charge in [-0.1, -0.05) is 11.3 Å². The maximum absolute atomic E-state index is 13.8. The molecule has 0 unspecified atom stereocenters. The van der Waals surface area contributed by atoms with Gasteiger partial charge in [0, 0.05) is 25.2 Å². The molecule has 2 fully saturated rings. The summed E-state index contributed by atoms with van der Waals surface area (Å²) in [6.45, 7) is 0.828. The molecule has 1 aromatic carbocycles. The molecule has 1 saturated heterocycles. The molecule has 178 valence electrons. The van der Waals surface area contributed by atoms with Crippen LogP contribution in [0.15, 0.2) is 29.3 Å². The first-order chi connectivity index (χ1) is 16.4. The number of aromatic nitrogens is 3. The van der Waals surface area contributed by atoms with E-state index in [2.05, 4.69) is 20.6 Å². The molecule has 9 nitrogen and oxygen atoms in total. The Morgan fingerprint density at radius 1 is 1.21 bits per heavy atom. The second-order valence-electron chi connectivity index (χ2n) is 8.57. The van der Waals surface area contributed by atoms with Crippen LogP contribution >= 0.6 is 11.3 Å². The van der Waals surface area contributed by atoms with E-state index in [4.69, 9.17) is 0 Å². The quantitative estimate of drug-likeness (QED) is 0.551. The first-order valence-electron chi connectivity index (χ1n) is 11.0. The Labute approximate surface area is 196 Å². The van der Waals surface area contributed by atoms with E-state index in [0.717, 1.165) is 55.0 Å². The smallest absolute Gasteiger partial charge is 0.273 e. The number of fused-ring (bicyclic) bond motifs is 1. The van der Waals surface area contributed by atoms with Gasteiger partial charge in [0.05, 0.1) is 11.6 Å². The third kappa shape index (κ3) is 4.76. The molecule has 0 radical (unpaired) electrons. The highest BCUT2D eigenvalue weighted by Crippen LogP contribution is 2.30. The van der Waals surface area contributed by atoms with E-state index in [-0.39, 0.29) is 27.9 Å². The van der Waals surface area contributed by atoms with E-state index in [9.17, 15) is 23.2 Å². The molecule has 2 aromatic heterocycles. The van der Waals surface area contributed by atoms with Gasteiger partial charge in [-0.25, -0.2) is 13.8 Å². The number of halogens is 2. The molecule has 12 heteroatoms. The Balaban J connectivity index is 1.31. The van der Waals surface area contributed by atoms with Crippen molar-refractivity contribution in [2.24, 2.45) is 5.92 Å². The standard InChI is InChI=1S/C22H22F2N6O3S/c23-13-3-6-15(24)16(8-13)27-17(31)10-30-11-25-19-18(21(30)33)34-22(28-19)29-7-1-2-12(9-29)20(32)26-14-4-5-14/h3,6,8,11-12,14H,1-2,4-5,7,9-10H2,(H,26,32)(H,27,31)/t12-/m0/s1. The number of amides is 2. The minimum absolute atomic E-state index is 0.0644. The summed E-state index contributed by atoms with van der Waals surface area (Å²) in [5, 5.41) is 5.92. The summed E-state index contributed by atoms with van der Waals surface area (Å²) in [5.74, 6) is -2.24. The molecule has 0 bridgehead atoms. The number of hydrogen-bond acceptors (Lipinski definition) is 7. The number of carbonyl (C=O) groups is 2. The SMILES string of the molecule is O=C(Cn1cnc2nc(N3CCC[C@H](C(=O)NC4CC4)C3)sc2c1=O)Nc1cc(F)ccc1F. The Kier molecular flexibility index (Phi) is 5.98. The highest BCUT2D eigenvalue weighted by Gasteiger charge is 2.31. The molecule has 5 rings (SSSR count). The van der Waals surface area contributed by atoms with Crippen LogP contribution in [0, 0.1) is 17.6 Å². The fourth-order valence-corrected chi connectivity index (χ4v) is 4.94. The number of nitrogens with zero attached hydrogens (tertiary/aromatic N) is 4. The van der Waals surface area contributed by atoms with Crippen molar-refractivity contribution in [3.63, 3.8) is 0 Å². The maximum atomic E-state index is 13.8. The van der Waals surface area contributed by atoms with Crippen LogP contribution in [0.25, 0.3) is 10.3 Å². The number of anilines is 2. The predicted molar refractivity (Wildman–Crippen MR) is 123 cm³/mol. The van der Waals surface area contributed by atoms with Crippen LogP contribution in [-0.2, 0) is 16.1 Å². The zero-order valence-corrected chi connectivity index (χ0v) is 18.9. The lowest BCUT2D eigenvalue weighted by molar-refractivity contribution is -0.125. The number of benzene rings is 1. The summed E-state index contributed by atoms with van der Waals surface area (Å²) in [4.78, 5) is 48.4. The zero-order valence-electron chi connectivity index (χ0n) is 18.1. The van der Waals surface area contributed by atoms with Crippen molar-refractivity contribution in [3.8, 4) is 0 Å². The first-order valence-corrected chi connectivity index (χ1v) is 11.9. The van der Waals surface area contributed by atoms with E-state index in [0.29, 0.717) is 17.7 Å². The lowest BCUT2D eigenvalue weighted by Gasteiger charge is -2.31. The summed E-state index contributed by atoms with van der Waals surface area (Å²) in [7, 11) is 0. The van der Waals surface area contributed by atoms with E-state index >= 15 is 0 Å². The van der Waals surface area contributed by atoms with Crippen LogP contribution in [0.2, 0.25) is 0 Å². The molecule has 2 aliphatic rings. The molecule has 2 N–H and O–H groups in total. The second kappa shape index (κ2) is 9.09. The van der Waals surface area contributed by atoms with Crippen molar-refractivity contribution in [3.05, 3.63) is 46.5 Å². The number of nitrogens with one attached hydrogen (secondary N) is 2. The fraction of sp³-hybridized carbons (Fsp3) is 0.409. The number of carbonyl (C=O) groups excluding carboxylic acids is 2. The van der Waals surface area contributed by atoms with Gasteiger partial charge in [0.1, 0.15) is 29.2 Å². The van der Waals surface area contributed by atoms with E-state index in [1.165, 1.54) is 17.7 Å². The van der Waals surface area contributed by atoms with Crippen LogP contribution in [-0.4, -0.2) is 45.5 Å². The van der Waals surface area contributed by atoms with Crippen LogP contribution in [0.3, 0.4) is 0 Å². The number of rotatable bonds is 6. The van der Waals surface area contributed by atoms with Crippen molar-refractivity contribution < 1.29 is 18.4 Å². The molecule has 0 spiro atoms. The third-order valence-electron chi connectivity index (χ3n) is 5.88. The minimum atomic E-state index is -0.784. The summed E-state index contributed by atoms with van der Waals surface area (Å²) >= 11 is 1.17. The Morgan fingerprint density at radius 2 is 2.03 bits per heavy atom. The van der Waals surface area contributed by atoms with E-state index in [1.807, 2.05) is 4.90 Å². The molecule has 1 saturated carbocycles. The topological polar surface area (TPSA) is 109 Å². The molecule has 1 atom stereocenters. The molecule has 1 aliphatic carbocycles. The molecule has 2 amide bonds. The van der Waals surface area contributed by atoms with Crippen LogP contribution < -0.4 is 21.1 Å².